The Hall–Kier alpha value is -2.18. The highest BCUT2D eigenvalue weighted by Gasteiger charge is 2.32. The summed E-state index contributed by atoms with van der Waals surface area (Å²) in [6.45, 7) is 1.26. The van der Waals surface area contributed by atoms with Crippen LogP contribution in [0, 0.1) is 5.92 Å². The Kier molecular flexibility index (Phi) is 2.42. The average Bonchev–Trinajstić information content (AvgIpc) is 2.99. The molecule has 3 heterocycles. The number of hydrogen-bond acceptors (Lipinski definition) is 5. The average molecular weight is 273 g/mol. The van der Waals surface area contributed by atoms with Gasteiger partial charge in [-0.05, 0) is 19.3 Å². The van der Waals surface area contributed by atoms with Crippen molar-refractivity contribution >= 4 is 17.6 Å². The third-order valence-electron chi connectivity index (χ3n) is 4.11. The molecule has 1 aliphatic carbocycles. The molecule has 0 aromatic carbocycles. The second-order valence-electron chi connectivity index (χ2n) is 5.56. The smallest absolute Gasteiger partial charge is 0.308 e. The third-order valence-corrected chi connectivity index (χ3v) is 4.11. The Labute approximate surface area is 115 Å². The lowest BCUT2D eigenvalue weighted by atomic mass is 10.1. The largest absolute Gasteiger partial charge is 0.481 e. The molecule has 1 saturated heterocycles. The summed E-state index contributed by atoms with van der Waals surface area (Å²) in [5.41, 5.74) is 1.05. The summed E-state index contributed by atoms with van der Waals surface area (Å²) in [5, 5.41) is 13.3. The predicted octanol–water partition coefficient (Wildman–Crippen LogP) is 0.913. The lowest BCUT2D eigenvalue weighted by molar-refractivity contribution is -0.140. The van der Waals surface area contributed by atoms with E-state index < -0.39 is 5.97 Å². The van der Waals surface area contributed by atoms with Gasteiger partial charge in [-0.1, -0.05) is 0 Å². The second-order valence-corrected chi connectivity index (χ2v) is 5.56. The van der Waals surface area contributed by atoms with Crippen LogP contribution in [0.25, 0.3) is 5.78 Å². The van der Waals surface area contributed by atoms with E-state index >= 15 is 0 Å². The van der Waals surface area contributed by atoms with Gasteiger partial charge in [0.2, 0.25) is 0 Å². The van der Waals surface area contributed by atoms with Crippen molar-refractivity contribution in [2.45, 2.75) is 25.2 Å². The van der Waals surface area contributed by atoms with Crippen LogP contribution in [0.15, 0.2) is 12.4 Å². The molecule has 20 heavy (non-hydrogen) atoms. The Morgan fingerprint density at radius 3 is 2.90 bits per heavy atom. The number of carboxylic acids is 1. The zero-order valence-corrected chi connectivity index (χ0v) is 10.9. The highest BCUT2D eigenvalue weighted by atomic mass is 16.4. The number of fused-ring (bicyclic) bond motifs is 1. The van der Waals surface area contributed by atoms with Crippen LogP contribution in [0.3, 0.4) is 0 Å². The van der Waals surface area contributed by atoms with E-state index in [-0.39, 0.29) is 5.92 Å². The first-order valence-corrected chi connectivity index (χ1v) is 6.91. The Bertz CT molecular complexity index is 678. The molecule has 0 spiro atoms. The van der Waals surface area contributed by atoms with Crippen molar-refractivity contribution in [3.05, 3.63) is 18.1 Å². The Balaban J connectivity index is 1.74. The second kappa shape index (κ2) is 4.16. The number of anilines is 1. The van der Waals surface area contributed by atoms with Crippen molar-refractivity contribution in [3.63, 3.8) is 0 Å². The molecule has 0 radical (unpaired) electrons. The SMILES string of the molecule is O=C(O)C1CCN(c2cc(C3CC3)nc3ncnn23)C1. The van der Waals surface area contributed by atoms with E-state index in [1.807, 2.05) is 6.07 Å². The number of carbonyl (C=O) groups is 1. The number of hydrogen-bond donors (Lipinski definition) is 1. The van der Waals surface area contributed by atoms with Gasteiger partial charge in [-0.15, -0.1) is 0 Å². The van der Waals surface area contributed by atoms with E-state index in [9.17, 15) is 4.79 Å². The van der Waals surface area contributed by atoms with E-state index in [1.165, 1.54) is 19.2 Å². The fraction of sp³-hybridized carbons (Fsp3) is 0.538. The molecule has 1 N–H and O–H groups in total. The van der Waals surface area contributed by atoms with Crippen LogP contribution in [0.1, 0.15) is 30.9 Å². The molecule has 4 rings (SSSR count). The van der Waals surface area contributed by atoms with Crippen LogP contribution in [-0.4, -0.2) is 43.7 Å². The summed E-state index contributed by atoms with van der Waals surface area (Å²) < 4.78 is 1.70. The van der Waals surface area contributed by atoms with Gasteiger partial charge in [-0.25, -0.2) is 4.98 Å². The highest BCUT2D eigenvalue weighted by molar-refractivity contribution is 5.72. The van der Waals surface area contributed by atoms with Gasteiger partial charge in [-0.2, -0.15) is 14.6 Å². The molecule has 2 aliphatic rings. The Morgan fingerprint density at radius 1 is 1.35 bits per heavy atom. The third kappa shape index (κ3) is 1.81. The van der Waals surface area contributed by atoms with Gasteiger partial charge < -0.3 is 10.0 Å². The van der Waals surface area contributed by atoms with Crippen LogP contribution in [0.4, 0.5) is 5.82 Å². The fourth-order valence-corrected chi connectivity index (χ4v) is 2.80. The molecule has 104 valence electrons. The van der Waals surface area contributed by atoms with Crippen molar-refractivity contribution < 1.29 is 9.90 Å². The number of carboxylic acid groups (broad SMARTS) is 1. The molecule has 1 saturated carbocycles. The summed E-state index contributed by atoms with van der Waals surface area (Å²) >= 11 is 0. The molecule has 1 unspecified atom stereocenters. The predicted molar refractivity (Wildman–Crippen MR) is 70.7 cm³/mol. The lowest BCUT2D eigenvalue weighted by Gasteiger charge is -2.19. The molecule has 2 fully saturated rings. The van der Waals surface area contributed by atoms with Crippen LogP contribution >= 0.6 is 0 Å². The van der Waals surface area contributed by atoms with Gasteiger partial charge in [0.05, 0.1) is 11.6 Å². The molecule has 0 bridgehead atoms. The van der Waals surface area contributed by atoms with Gasteiger partial charge in [0, 0.05) is 25.1 Å². The summed E-state index contributed by atoms with van der Waals surface area (Å²) in [5.74, 6) is 1.03. The van der Waals surface area contributed by atoms with Crippen LogP contribution in [0.5, 0.6) is 0 Å². The maximum Gasteiger partial charge on any atom is 0.308 e. The molecule has 7 heteroatoms. The molecular weight excluding hydrogens is 258 g/mol. The van der Waals surface area contributed by atoms with Gasteiger partial charge >= 0.3 is 5.97 Å². The molecule has 1 aliphatic heterocycles. The van der Waals surface area contributed by atoms with Crippen LogP contribution in [0.2, 0.25) is 0 Å². The summed E-state index contributed by atoms with van der Waals surface area (Å²) in [6, 6.07) is 2.05. The van der Waals surface area contributed by atoms with Crippen molar-refractivity contribution in [2.75, 3.05) is 18.0 Å². The molecular formula is C13H15N5O2. The monoisotopic (exact) mass is 273 g/mol. The van der Waals surface area contributed by atoms with Crippen molar-refractivity contribution in [1.82, 2.24) is 19.6 Å². The minimum absolute atomic E-state index is 0.300. The summed E-state index contributed by atoms with van der Waals surface area (Å²) in [6.07, 6.45) is 4.52. The summed E-state index contributed by atoms with van der Waals surface area (Å²) in [4.78, 5) is 21.9. The zero-order valence-electron chi connectivity index (χ0n) is 10.9. The van der Waals surface area contributed by atoms with Crippen molar-refractivity contribution in [1.29, 1.82) is 0 Å². The first kappa shape index (κ1) is 11.6. The lowest BCUT2D eigenvalue weighted by Crippen LogP contribution is -2.25. The standard InChI is InChI=1S/C13H15N5O2/c19-12(20)9-3-4-17(6-9)11-5-10(8-1-2-8)16-13-14-7-15-18(11)13/h5,7-9H,1-4,6H2,(H,19,20). The molecule has 2 aromatic rings. The van der Waals surface area contributed by atoms with Crippen molar-refractivity contribution in [3.8, 4) is 0 Å². The van der Waals surface area contributed by atoms with Crippen LogP contribution in [-0.2, 0) is 4.79 Å². The molecule has 1 atom stereocenters. The van der Waals surface area contributed by atoms with Gasteiger partial charge in [0.25, 0.3) is 5.78 Å². The van der Waals surface area contributed by atoms with E-state index in [2.05, 4.69) is 20.0 Å². The zero-order chi connectivity index (χ0) is 13.7. The number of rotatable bonds is 3. The number of nitrogens with zero attached hydrogens (tertiary/aromatic N) is 5. The molecule has 7 nitrogen and oxygen atoms in total. The van der Waals surface area contributed by atoms with E-state index in [0.717, 1.165) is 18.1 Å². The minimum atomic E-state index is -0.723. The normalized spacial score (nSPS) is 22.6. The molecule has 0 amide bonds. The van der Waals surface area contributed by atoms with Gasteiger partial charge in [-0.3, -0.25) is 4.79 Å². The van der Waals surface area contributed by atoms with Crippen molar-refractivity contribution in [2.24, 2.45) is 5.92 Å². The fourth-order valence-electron chi connectivity index (χ4n) is 2.80. The summed E-state index contributed by atoms with van der Waals surface area (Å²) in [7, 11) is 0. The maximum absolute atomic E-state index is 11.1. The molecule has 2 aromatic heterocycles. The van der Waals surface area contributed by atoms with E-state index in [1.54, 1.807) is 4.52 Å². The van der Waals surface area contributed by atoms with Crippen LogP contribution < -0.4 is 4.90 Å². The number of aromatic nitrogens is 4. The Morgan fingerprint density at radius 2 is 2.20 bits per heavy atom. The first-order valence-electron chi connectivity index (χ1n) is 6.91. The topological polar surface area (TPSA) is 83.6 Å². The maximum atomic E-state index is 11.1. The highest BCUT2D eigenvalue weighted by Crippen LogP contribution is 2.40. The van der Waals surface area contributed by atoms with E-state index in [0.29, 0.717) is 24.7 Å². The first-order chi connectivity index (χ1) is 9.72. The minimum Gasteiger partial charge on any atom is -0.481 e. The number of aliphatic carboxylic acids is 1. The van der Waals surface area contributed by atoms with Gasteiger partial charge in [0.1, 0.15) is 12.1 Å². The van der Waals surface area contributed by atoms with E-state index in [4.69, 9.17) is 5.11 Å². The quantitative estimate of drug-likeness (QED) is 0.895. The van der Waals surface area contributed by atoms with Gasteiger partial charge in [0.15, 0.2) is 0 Å².